The number of carbonyl (C=O) groups is 3. The molecule has 0 aromatic rings. The Labute approximate surface area is 316 Å². The van der Waals surface area contributed by atoms with Crippen LogP contribution < -0.4 is 0 Å². The van der Waals surface area contributed by atoms with Gasteiger partial charge in [0.2, 0.25) is 0 Å². The van der Waals surface area contributed by atoms with E-state index in [0.717, 1.165) is 77.0 Å². The van der Waals surface area contributed by atoms with E-state index < -0.39 is 6.10 Å². The number of hydrogen-bond acceptors (Lipinski definition) is 6. The summed E-state index contributed by atoms with van der Waals surface area (Å²) in [7, 11) is 0. The smallest absolute Gasteiger partial charge is 0.306 e. The van der Waals surface area contributed by atoms with E-state index in [1.54, 1.807) is 0 Å². The van der Waals surface area contributed by atoms with Crippen LogP contribution in [0.5, 0.6) is 0 Å². The van der Waals surface area contributed by atoms with Gasteiger partial charge in [-0.15, -0.1) is 6.58 Å². The van der Waals surface area contributed by atoms with Crippen molar-refractivity contribution in [2.45, 2.75) is 245 Å². The summed E-state index contributed by atoms with van der Waals surface area (Å²) in [5.74, 6) is -0.887. The van der Waals surface area contributed by atoms with Gasteiger partial charge < -0.3 is 14.2 Å². The summed E-state index contributed by atoms with van der Waals surface area (Å²) in [5, 5.41) is 0. The molecule has 1 unspecified atom stereocenters. The first kappa shape index (κ1) is 49.1. The van der Waals surface area contributed by atoms with Crippen molar-refractivity contribution in [2.24, 2.45) is 0 Å². The second-order valence-electron chi connectivity index (χ2n) is 15.1. The van der Waals surface area contributed by atoms with E-state index in [1.165, 1.54) is 128 Å². The highest BCUT2D eigenvalue weighted by Crippen LogP contribution is 2.15. The minimum atomic E-state index is -0.766. The van der Waals surface area contributed by atoms with Gasteiger partial charge in [0.1, 0.15) is 13.2 Å². The molecule has 6 heteroatoms. The zero-order valence-electron chi connectivity index (χ0n) is 34.0. The van der Waals surface area contributed by atoms with Crippen LogP contribution in [-0.2, 0) is 28.6 Å². The van der Waals surface area contributed by atoms with Crippen LogP contribution in [0.2, 0.25) is 0 Å². The maximum absolute atomic E-state index is 12.7. The van der Waals surface area contributed by atoms with E-state index in [-0.39, 0.29) is 31.1 Å². The molecule has 0 N–H and O–H groups in total. The molecule has 0 radical (unpaired) electrons. The van der Waals surface area contributed by atoms with Crippen molar-refractivity contribution in [3.05, 3.63) is 12.7 Å². The fraction of sp³-hybridized carbons (Fsp3) is 0.889. The number of ether oxygens (including phenoxy) is 3. The highest BCUT2D eigenvalue weighted by atomic mass is 16.6. The number of allylic oxidation sites excluding steroid dienone is 1. The third-order valence-electron chi connectivity index (χ3n) is 9.92. The number of esters is 3. The fourth-order valence-corrected chi connectivity index (χ4v) is 6.54. The Hall–Kier alpha value is -1.85. The maximum atomic E-state index is 12.7. The van der Waals surface area contributed by atoms with Crippen molar-refractivity contribution in [3.63, 3.8) is 0 Å². The lowest BCUT2D eigenvalue weighted by atomic mass is 10.0. The van der Waals surface area contributed by atoms with Gasteiger partial charge in [0.05, 0.1) is 0 Å². The molecule has 0 aliphatic heterocycles. The standard InChI is InChI=1S/C45H84O6/c1-4-7-10-13-16-18-20-22-24-26-29-32-35-38-44(47)50-41-42(40-49-43(46)37-34-31-28-15-12-9-6-3)51-45(48)39-36-33-30-27-25-23-21-19-17-14-11-8-5-2/h6,42H,3-5,7-41H2,1-2H3. The molecule has 1 atom stereocenters. The third kappa shape index (κ3) is 39.2. The van der Waals surface area contributed by atoms with E-state index in [4.69, 9.17) is 14.2 Å². The fourth-order valence-electron chi connectivity index (χ4n) is 6.54. The van der Waals surface area contributed by atoms with Gasteiger partial charge in [-0.25, -0.2) is 0 Å². The highest BCUT2D eigenvalue weighted by molar-refractivity contribution is 5.71. The monoisotopic (exact) mass is 721 g/mol. The topological polar surface area (TPSA) is 78.9 Å². The molecule has 0 spiro atoms. The van der Waals surface area contributed by atoms with E-state index in [2.05, 4.69) is 20.4 Å². The molecule has 0 fully saturated rings. The van der Waals surface area contributed by atoms with Crippen LogP contribution in [0.3, 0.4) is 0 Å². The van der Waals surface area contributed by atoms with E-state index in [0.29, 0.717) is 19.3 Å². The Bertz CT molecular complexity index is 781. The van der Waals surface area contributed by atoms with Crippen LogP contribution >= 0.6 is 0 Å². The predicted octanol–water partition coefficient (Wildman–Crippen LogP) is 13.9. The van der Waals surface area contributed by atoms with E-state index >= 15 is 0 Å². The minimum Gasteiger partial charge on any atom is -0.462 e. The number of rotatable bonds is 41. The van der Waals surface area contributed by atoms with Gasteiger partial charge in [-0.05, 0) is 32.1 Å². The van der Waals surface area contributed by atoms with Crippen LogP contribution in [0.15, 0.2) is 12.7 Å². The van der Waals surface area contributed by atoms with Gasteiger partial charge in [0, 0.05) is 19.3 Å². The van der Waals surface area contributed by atoms with Gasteiger partial charge in [0.15, 0.2) is 6.10 Å². The Morgan fingerprint density at radius 1 is 0.412 bits per heavy atom. The average molecular weight is 721 g/mol. The average Bonchev–Trinajstić information content (AvgIpc) is 3.12. The zero-order chi connectivity index (χ0) is 37.3. The minimum absolute atomic E-state index is 0.0712. The Kier molecular flexibility index (Phi) is 39.4. The van der Waals surface area contributed by atoms with Crippen molar-refractivity contribution in [3.8, 4) is 0 Å². The molecule has 300 valence electrons. The zero-order valence-corrected chi connectivity index (χ0v) is 34.0. The van der Waals surface area contributed by atoms with Crippen molar-refractivity contribution in [1.29, 1.82) is 0 Å². The summed E-state index contributed by atoms with van der Waals surface area (Å²) in [4.78, 5) is 37.5. The molecule has 0 amide bonds. The van der Waals surface area contributed by atoms with Crippen molar-refractivity contribution >= 4 is 17.9 Å². The first-order chi connectivity index (χ1) is 25.0. The molecule has 0 saturated carbocycles. The summed E-state index contributed by atoms with van der Waals surface area (Å²) in [5.41, 5.74) is 0. The molecule has 51 heavy (non-hydrogen) atoms. The molecule has 0 aliphatic rings. The van der Waals surface area contributed by atoms with Crippen molar-refractivity contribution < 1.29 is 28.6 Å². The number of unbranched alkanes of at least 4 members (excludes halogenated alkanes) is 29. The van der Waals surface area contributed by atoms with Crippen molar-refractivity contribution in [1.82, 2.24) is 0 Å². The van der Waals surface area contributed by atoms with Crippen LogP contribution in [-0.4, -0.2) is 37.2 Å². The van der Waals surface area contributed by atoms with E-state index in [9.17, 15) is 14.4 Å². The van der Waals surface area contributed by atoms with Crippen LogP contribution in [0.4, 0.5) is 0 Å². The molecule has 0 heterocycles. The maximum Gasteiger partial charge on any atom is 0.306 e. The molecule has 0 rings (SSSR count). The molecular weight excluding hydrogens is 636 g/mol. The molecule has 0 aromatic heterocycles. The predicted molar refractivity (Wildman–Crippen MR) is 215 cm³/mol. The van der Waals surface area contributed by atoms with E-state index in [1.807, 2.05) is 6.08 Å². The Morgan fingerprint density at radius 3 is 1.00 bits per heavy atom. The lowest BCUT2D eigenvalue weighted by Gasteiger charge is -2.18. The van der Waals surface area contributed by atoms with Crippen LogP contribution in [0.1, 0.15) is 239 Å². The van der Waals surface area contributed by atoms with Gasteiger partial charge in [-0.3, -0.25) is 14.4 Å². The largest absolute Gasteiger partial charge is 0.462 e. The van der Waals surface area contributed by atoms with Crippen molar-refractivity contribution in [2.75, 3.05) is 13.2 Å². The highest BCUT2D eigenvalue weighted by Gasteiger charge is 2.19. The first-order valence-electron chi connectivity index (χ1n) is 22.1. The lowest BCUT2D eigenvalue weighted by molar-refractivity contribution is -0.167. The molecule has 6 nitrogen and oxygen atoms in total. The lowest BCUT2D eigenvalue weighted by Crippen LogP contribution is -2.30. The second kappa shape index (κ2) is 40.9. The molecule has 0 bridgehead atoms. The second-order valence-corrected chi connectivity index (χ2v) is 15.1. The first-order valence-corrected chi connectivity index (χ1v) is 22.1. The van der Waals surface area contributed by atoms with Crippen LogP contribution in [0.25, 0.3) is 0 Å². The molecule has 0 saturated heterocycles. The molecule has 0 aliphatic carbocycles. The summed E-state index contributed by atoms with van der Waals surface area (Å²) in [6.45, 7) is 8.13. The molecule has 0 aromatic carbocycles. The Balaban J connectivity index is 4.27. The van der Waals surface area contributed by atoms with Crippen LogP contribution in [0, 0.1) is 0 Å². The molecular formula is C45H84O6. The van der Waals surface area contributed by atoms with Gasteiger partial charge in [-0.2, -0.15) is 0 Å². The quantitative estimate of drug-likeness (QED) is 0.0271. The summed E-state index contributed by atoms with van der Waals surface area (Å²) in [6.07, 6.45) is 40.9. The summed E-state index contributed by atoms with van der Waals surface area (Å²) >= 11 is 0. The summed E-state index contributed by atoms with van der Waals surface area (Å²) < 4.78 is 16.6. The number of carbonyl (C=O) groups excluding carboxylic acids is 3. The normalized spacial score (nSPS) is 11.7. The third-order valence-corrected chi connectivity index (χ3v) is 9.92. The number of hydrogen-bond donors (Lipinski definition) is 0. The van der Waals surface area contributed by atoms with Gasteiger partial charge in [-0.1, -0.05) is 193 Å². The summed E-state index contributed by atoms with van der Waals surface area (Å²) in [6, 6.07) is 0. The Morgan fingerprint density at radius 2 is 0.686 bits per heavy atom. The SMILES string of the molecule is C=CCCCCCCCC(=O)OCC(COC(=O)CCCCCCCCCCCCCCC)OC(=O)CCCCCCCCCCCCCCC. The van der Waals surface area contributed by atoms with Gasteiger partial charge in [0.25, 0.3) is 0 Å². The van der Waals surface area contributed by atoms with Gasteiger partial charge >= 0.3 is 17.9 Å².